The molecular weight excluding hydrogens is 256 g/mol. The van der Waals surface area contributed by atoms with Crippen molar-refractivity contribution in [2.45, 2.75) is 52.1 Å². The first-order valence-corrected chi connectivity index (χ1v) is 7.56. The number of rotatable bonds is 7. The molecule has 2 atom stereocenters. The molecule has 3 heteroatoms. The number of nitrogens with two attached hydrogens (primary N) is 1. The van der Waals surface area contributed by atoms with Gasteiger partial charge in [-0.1, -0.05) is 37.6 Å². The predicted octanol–water partition coefficient (Wildman–Crippen LogP) is 3.72. The Morgan fingerprint density at radius 2 is 1.84 bits per heavy atom. The molecule has 0 radical (unpaired) electrons. The highest BCUT2D eigenvalue weighted by atomic mass is 35.5. The third-order valence-electron chi connectivity index (χ3n) is 4.09. The summed E-state index contributed by atoms with van der Waals surface area (Å²) in [4.78, 5) is 2.52. The molecule has 0 amide bonds. The predicted molar refractivity (Wildman–Crippen MR) is 84.7 cm³/mol. The van der Waals surface area contributed by atoms with Gasteiger partial charge in [-0.05, 0) is 50.9 Å². The van der Waals surface area contributed by atoms with Crippen molar-refractivity contribution >= 4 is 11.6 Å². The highest BCUT2D eigenvalue weighted by Gasteiger charge is 2.32. The number of nitrogens with zero attached hydrogens (tertiary/aromatic N) is 1. The van der Waals surface area contributed by atoms with E-state index in [1.807, 2.05) is 12.1 Å². The van der Waals surface area contributed by atoms with Crippen molar-refractivity contribution in [2.24, 2.45) is 5.73 Å². The zero-order valence-electron chi connectivity index (χ0n) is 12.6. The molecule has 19 heavy (non-hydrogen) atoms. The van der Waals surface area contributed by atoms with Gasteiger partial charge in [0.15, 0.2) is 0 Å². The van der Waals surface area contributed by atoms with E-state index in [2.05, 4.69) is 44.7 Å². The van der Waals surface area contributed by atoms with Crippen LogP contribution in [0.15, 0.2) is 24.3 Å². The summed E-state index contributed by atoms with van der Waals surface area (Å²) in [5.74, 6) is 0. The van der Waals surface area contributed by atoms with Crippen molar-refractivity contribution < 1.29 is 0 Å². The molecule has 108 valence electrons. The van der Waals surface area contributed by atoms with Gasteiger partial charge in [-0.2, -0.15) is 0 Å². The van der Waals surface area contributed by atoms with Gasteiger partial charge in [0.25, 0.3) is 0 Å². The Balaban J connectivity index is 2.92. The monoisotopic (exact) mass is 282 g/mol. The van der Waals surface area contributed by atoms with E-state index < -0.39 is 0 Å². The quantitative estimate of drug-likeness (QED) is 0.826. The standard InChI is InChI=1S/C16H27ClN2/c1-5-13(3)19(6-2)16(4,12-18)11-14-7-9-15(17)10-8-14/h7-10,13H,5-6,11-12,18H2,1-4H3. The van der Waals surface area contributed by atoms with Crippen molar-refractivity contribution in [3.63, 3.8) is 0 Å². The van der Waals surface area contributed by atoms with Crippen molar-refractivity contribution in [1.29, 1.82) is 0 Å². The Morgan fingerprint density at radius 1 is 1.26 bits per heavy atom. The molecule has 0 saturated carbocycles. The van der Waals surface area contributed by atoms with Crippen LogP contribution in [0.2, 0.25) is 5.02 Å². The SMILES string of the molecule is CCC(C)N(CC)C(C)(CN)Cc1ccc(Cl)cc1. The first-order chi connectivity index (χ1) is 8.96. The molecule has 2 nitrogen and oxygen atoms in total. The summed E-state index contributed by atoms with van der Waals surface area (Å²) in [7, 11) is 0. The maximum atomic E-state index is 6.09. The average Bonchev–Trinajstić information content (AvgIpc) is 2.42. The first-order valence-electron chi connectivity index (χ1n) is 7.18. The summed E-state index contributed by atoms with van der Waals surface area (Å²) in [6, 6.07) is 8.65. The second kappa shape index (κ2) is 7.28. The van der Waals surface area contributed by atoms with Gasteiger partial charge in [0.05, 0.1) is 0 Å². The fourth-order valence-corrected chi connectivity index (χ4v) is 2.90. The maximum Gasteiger partial charge on any atom is 0.0406 e. The van der Waals surface area contributed by atoms with Gasteiger partial charge in [-0.3, -0.25) is 4.90 Å². The fraction of sp³-hybridized carbons (Fsp3) is 0.625. The second-order valence-electron chi connectivity index (χ2n) is 5.55. The van der Waals surface area contributed by atoms with Crippen LogP contribution in [0, 0.1) is 0 Å². The van der Waals surface area contributed by atoms with E-state index in [4.69, 9.17) is 17.3 Å². The van der Waals surface area contributed by atoms with E-state index in [0.29, 0.717) is 12.6 Å². The Labute approximate surface area is 122 Å². The summed E-state index contributed by atoms with van der Waals surface area (Å²) in [6.45, 7) is 10.7. The molecule has 0 aliphatic rings. The molecule has 0 saturated heterocycles. The van der Waals surface area contributed by atoms with Crippen LogP contribution in [-0.4, -0.2) is 29.6 Å². The van der Waals surface area contributed by atoms with Crippen LogP contribution in [0.1, 0.15) is 39.7 Å². The number of likely N-dealkylation sites (N-methyl/N-ethyl adjacent to an activating group) is 1. The summed E-state index contributed by atoms with van der Waals surface area (Å²) in [6.07, 6.45) is 2.10. The van der Waals surface area contributed by atoms with Gasteiger partial charge in [0, 0.05) is 23.1 Å². The minimum absolute atomic E-state index is 0.00198. The Morgan fingerprint density at radius 3 is 2.26 bits per heavy atom. The lowest BCUT2D eigenvalue weighted by molar-refractivity contribution is 0.0723. The normalized spacial score (nSPS) is 16.4. The van der Waals surface area contributed by atoms with E-state index in [1.54, 1.807) is 0 Å². The molecule has 0 aromatic heterocycles. The van der Waals surface area contributed by atoms with Gasteiger partial charge in [-0.25, -0.2) is 0 Å². The van der Waals surface area contributed by atoms with E-state index >= 15 is 0 Å². The topological polar surface area (TPSA) is 29.3 Å². The Bertz CT molecular complexity index is 377. The van der Waals surface area contributed by atoms with Gasteiger partial charge in [0.1, 0.15) is 0 Å². The largest absolute Gasteiger partial charge is 0.329 e. The number of hydrogen-bond acceptors (Lipinski definition) is 2. The van der Waals surface area contributed by atoms with E-state index in [-0.39, 0.29) is 5.54 Å². The number of halogens is 1. The van der Waals surface area contributed by atoms with Crippen LogP contribution < -0.4 is 5.73 Å². The molecular formula is C16H27ClN2. The minimum atomic E-state index is -0.00198. The highest BCUT2D eigenvalue weighted by molar-refractivity contribution is 6.30. The molecule has 0 bridgehead atoms. The van der Waals surface area contributed by atoms with Gasteiger partial charge in [0.2, 0.25) is 0 Å². The van der Waals surface area contributed by atoms with Gasteiger partial charge < -0.3 is 5.73 Å². The average molecular weight is 283 g/mol. The molecule has 2 unspecified atom stereocenters. The molecule has 0 spiro atoms. The summed E-state index contributed by atoms with van der Waals surface area (Å²) in [5, 5.41) is 0.785. The van der Waals surface area contributed by atoms with Crippen LogP contribution in [-0.2, 0) is 6.42 Å². The van der Waals surface area contributed by atoms with Gasteiger partial charge >= 0.3 is 0 Å². The van der Waals surface area contributed by atoms with Crippen LogP contribution in [0.25, 0.3) is 0 Å². The van der Waals surface area contributed by atoms with Crippen LogP contribution >= 0.6 is 11.6 Å². The highest BCUT2D eigenvalue weighted by Crippen LogP contribution is 2.24. The van der Waals surface area contributed by atoms with Crippen molar-refractivity contribution in [3.8, 4) is 0 Å². The third-order valence-corrected chi connectivity index (χ3v) is 4.35. The number of hydrogen-bond donors (Lipinski definition) is 1. The van der Waals surface area contributed by atoms with Crippen LogP contribution in [0.5, 0.6) is 0 Å². The Hall–Kier alpha value is -0.570. The van der Waals surface area contributed by atoms with Crippen molar-refractivity contribution in [1.82, 2.24) is 4.90 Å². The van der Waals surface area contributed by atoms with Crippen LogP contribution in [0.4, 0.5) is 0 Å². The summed E-state index contributed by atoms with van der Waals surface area (Å²) < 4.78 is 0. The first kappa shape index (κ1) is 16.5. The lowest BCUT2D eigenvalue weighted by Crippen LogP contribution is -2.56. The molecule has 2 N–H and O–H groups in total. The molecule has 0 fully saturated rings. The van der Waals surface area contributed by atoms with E-state index in [9.17, 15) is 0 Å². The molecule has 0 aliphatic carbocycles. The number of benzene rings is 1. The fourth-order valence-electron chi connectivity index (χ4n) is 2.78. The van der Waals surface area contributed by atoms with E-state index in [1.165, 1.54) is 5.56 Å². The van der Waals surface area contributed by atoms with Crippen LogP contribution in [0.3, 0.4) is 0 Å². The van der Waals surface area contributed by atoms with Crippen molar-refractivity contribution in [3.05, 3.63) is 34.9 Å². The molecule has 0 aliphatic heterocycles. The lowest BCUT2D eigenvalue weighted by Gasteiger charge is -2.44. The summed E-state index contributed by atoms with van der Waals surface area (Å²) >= 11 is 5.94. The molecule has 1 aromatic carbocycles. The zero-order valence-corrected chi connectivity index (χ0v) is 13.4. The van der Waals surface area contributed by atoms with Crippen molar-refractivity contribution in [2.75, 3.05) is 13.1 Å². The zero-order chi connectivity index (χ0) is 14.5. The second-order valence-corrected chi connectivity index (χ2v) is 5.98. The Kier molecular flexibility index (Phi) is 6.31. The minimum Gasteiger partial charge on any atom is -0.329 e. The third kappa shape index (κ3) is 4.20. The van der Waals surface area contributed by atoms with Gasteiger partial charge in [-0.15, -0.1) is 0 Å². The summed E-state index contributed by atoms with van der Waals surface area (Å²) in [5.41, 5.74) is 7.37. The molecule has 1 rings (SSSR count). The smallest absolute Gasteiger partial charge is 0.0406 e. The maximum absolute atomic E-state index is 6.09. The van der Waals surface area contributed by atoms with E-state index in [0.717, 1.165) is 24.4 Å². The molecule has 0 heterocycles. The lowest BCUT2D eigenvalue weighted by atomic mass is 9.89. The molecule has 1 aromatic rings.